The molecule has 1 fully saturated rings. The molecular formula is C22H11Cl3F3N3O2S. The molecule has 4 rings (SSSR count). The van der Waals surface area contributed by atoms with Gasteiger partial charge in [0.25, 0.3) is 11.8 Å². The molecule has 2 heterocycles. The van der Waals surface area contributed by atoms with E-state index in [4.69, 9.17) is 47.0 Å². The van der Waals surface area contributed by atoms with Crippen LogP contribution in [0, 0.1) is 0 Å². The second-order valence-electron chi connectivity index (χ2n) is 7.02. The summed E-state index contributed by atoms with van der Waals surface area (Å²) in [4.78, 5) is 26.9. The van der Waals surface area contributed by atoms with Gasteiger partial charge in [-0.05, 0) is 66.8 Å². The Morgan fingerprint density at radius 1 is 0.971 bits per heavy atom. The highest BCUT2D eigenvalue weighted by Gasteiger charge is 2.37. The average Bonchev–Trinajstić information content (AvgIpc) is 3.19. The van der Waals surface area contributed by atoms with Gasteiger partial charge in [-0.3, -0.25) is 19.8 Å². The minimum atomic E-state index is -4.77. The van der Waals surface area contributed by atoms with E-state index < -0.39 is 29.2 Å². The van der Waals surface area contributed by atoms with Crippen LogP contribution in [0.15, 0.2) is 60.3 Å². The summed E-state index contributed by atoms with van der Waals surface area (Å²) in [5.41, 5.74) is -1.38. The van der Waals surface area contributed by atoms with Crippen molar-refractivity contribution in [2.45, 2.75) is 6.18 Å². The Balaban J connectivity index is 1.83. The molecule has 2 aromatic carbocycles. The van der Waals surface area contributed by atoms with Gasteiger partial charge in [-0.15, -0.1) is 0 Å². The van der Waals surface area contributed by atoms with Gasteiger partial charge in [0, 0.05) is 21.9 Å². The number of thiocarbonyl (C=S) groups is 1. The van der Waals surface area contributed by atoms with E-state index in [1.165, 1.54) is 36.5 Å². The maximum Gasteiger partial charge on any atom is 0.418 e. The van der Waals surface area contributed by atoms with Gasteiger partial charge in [-0.2, -0.15) is 13.2 Å². The zero-order valence-electron chi connectivity index (χ0n) is 16.7. The van der Waals surface area contributed by atoms with Crippen LogP contribution >= 0.6 is 47.0 Å². The van der Waals surface area contributed by atoms with E-state index in [0.717, 1.165) is 21.6 Å². The molecule has 2 amide bonds. The lowest BCUT2D eigenvalue weighted by Gasteiger charge is -2.29. The van der Waals surface area contributed by atoms with E-state index in [-0.39, 0.29) is 26.4 Å². The Morgan fingerprint density at radius 3 is 2.29 bits per heavy atom. The molecule has 5 nitrogen and oxygen atoms in total. The molecule has 1 N–H and O–H groups in total. The van der Waals surface area contributed by atoms with Crippen LogP contribution in [-0.2, 0) is 15.8 Å². The number of nitrogens with one attached hydrogen (secondary N) is 1. The summed E-state index contributed by atoms with van der Waals surface area (Å²) in [5, 5.41) is 2.24. The predicted molar refractivity (Wildman–Crippen MR) is 128 cm³/mol. The Bertz CT molecular complexity index is 1370. The van der Waals surface area contributed by atoms with Crippen molar-refractivity contribution in [1.29, 1.82) is 0 Å². The molecule has 0 aliphatic carbocycles. The van der Waals surface area contributed by atoms with Crippen LogP contribution < -0.4 is 10.2 Å². The summed E-state index contributed by atoms with van der Waals surface area (Å²) < 4.78 is 42.3. The molecule has 3 aromatic rings. The van der Waals surface area contributed by atoms with Crippen molar-refractivity contribution in [3.8, 4) is 5.69 Å². The average molecular weight is 545 g/mol. The zero-order valence-corrected chi connectivity index (χ0v) is 19.7. The molecule has 1 aliphatic heterocycles. The van der Waals surface area contributed by atoms with Gasteiger partial charge in [-0.25, -0.2) is 0 Å². The fourth-order valence-corrected chi connectivity index (χ4v) is 4.36. The van der Waals surface area contributed by atoms with Crippen molar-refractivity contribution in [2.24, 2.45) is 0 Å². The van der Waals surface area contributed by atoms with Crippen LogP contribution in [0.4, 0.5) is 18.9 Å². The number of hydrogen-bond donors (Lipinski definition) is 1. The van der Waals surface area contributed by atoms with Crippen LogP contribution in [0.2, 0.25) is 15.1 Å². The molecule has 0 radical (unpaired) electrons. The first kappa shape index (κ1) is 24.3. The molecule has 174 valence electrons. The van der Waals surface area contributed by atoms with Crippen LogP contribution in [0.25, 0.3) is 11.8 Å². The molecule has 0 saturated carbocycles. The highest BCUT2D eigenvalue weighted by atomic mass is 35.5. The first-order valence-corrected chi connectivity index (χ1v) is 10.9. The quantitative estimate of drug-likeness (QED) is 0.240. The molecule has 0 atom stereocenters. The first-order chi connectivity index (χ1) is 16.0. The van der Waals surface area contributed by atoms with E-state index in [2.05, 4.69) is 5.32 Å². The fraction of sp³-hybridized carbons (Fsp3) is 0.0455. The van der Waals surface area contributed by atoms with Gasteiger partial charge < -0.3 is 4.57 Å². The van der Waals surface area contributed by atoms with Crippen LogP contribution in [0.5, 0.6) is 0 Å². The van der Waals surface area contributed by atoms with Gasteiger partial charge in [0.1, 0.15) is 5.57 Å². The van der Waals surface area contributed by atoms with E-state index in [1.54, 1.807) is 12.1 Å². The smallest absolute Gasteiger partial charge is 0.315 e. The summed E-state index contributed by atoms with van der Waals surface area (Å²) in [6, 6.07) is 10.9. The lowest BCUT2D eigenvalue weighted by atomic mass is 10.1. The maximum absolute atomic E-state index is 13.7. The van der Waals surface area contributed by atoms with Crippen LogP contribution in [0.1, 0.15) is 11.3 Å². The molecule has 1 aromatic heterocycles. The maximum atomic E-state index is 13.7. The normalized spacial score (nSPS) is 15.8. The monoisotopic (exact) mass is 543 g/mol. The van der Waals surface area contributed by atoms with Gasteiger partial charge in [0.2, 0.25) is 0 Å². The number of alkyl halides is 3. The number of hydrogen-bond acceptors (Lipinski definition) is 3. The van der Waals surface area contributed by atoms with Gasteiger partial charge in [0.15, 0.2) is 5.11 Å². The minimum absolute atomic E-state index is 0.0945. The van der Waals surface area contributed by atoms with Gasteiger partial charge in [0.05, 0.1) is 22.0 Å². The lowest BCUT2D eigenvalue weighted by Crippen LogP contribution is -2.54. The van der Waals surface area contributed by atoms with Crippen molar-refractivity contribution in [3.63, 3.8) is 0 Å². The molecule has 34 heavy (non-hydrogen) atoms. The van der Waals surface area contributed by atoms with Crippen LogP contribution in [0.3, 0.4) is 0 Å². The summed E-state index contributed by atoms with van der Waals surface area (Å²) in [5.74, 6) is -1.56. The van der Waals surface area contributed by atoms with Crippen molar-refractivity contribution in [2.75, 3.05) is 4.90 Å². The number of rotatable bonds is 3. The molecule has 0 unspecified atom stereocenters. The molecule has 1 aliphatic rings. The fourth-order valence-electron chi connectivity index (χ4n) is 3.37. The highest BCUT2D eigenvalue weighted by molar-refractivity contribution is 7.80. The number of amides is 2. The van der Waals surface area contributed by atoms with E-state index in [0.29, 0.717) is 10.7 Å². The van der Waals surface area contributed by atoms with Crippen LogP contribution in [-0.4, -0.2) is 21.5 Å². The molecule has 12 heteroatoms. The third kappa shape index (κ3) is 4.56. The third-order valence-corrected chi connectivity index (χ3v) is 5.88. The predicted octanol–water partition coefficient (Wildman–Crippen LogP) is 6.29. The Labute approximate surface area is 211 Å². The number of aromatic nitrogens is 1. The number of benzene rings is 2. The third-order valence-electron chi connectivity index (χ3n) is 4.83. The van der Waals surface area contributed by atoms with Crippen molar-refractivity contribution >= 4 is 75.7 Å². The Morgan fingerprint density at radius 2 is 1.65 bits per heavy atom. The zero-order chi connectivity index (χ0) is 24.8. The molecule has 1 saturated heterocycles. The van der Waals surface area contributed by atoms with E-state index in [1.807, 2.05) is 0 Å². The SMILES string of the molecule is O=C1NC(=S)N(c2ccc(Cl)cc2)C(=O)C1=Cc1cccn1-c1c(Cl)cc(Cl)cc1C(F)(F)F. The Kier molecular flexibility index (Phi) is 6.48. The summed E-state index contributed by atoms with van der Waals surface area (Å²) in [7, 11) is 0. The van der Waals surface area contributed by atoms with Crippen molar-refractivity contribution in [3.05, 3.63) is 86.6 Å². The van der Waals surface area contributed by atoms with Crippen molar-refractivity contribution < 1.29 is 22.8 Å². The number of carbonyl (C=O) groups excluding carboxylic acids is 2. The molecular weight excluding hydrogens is 534 g/mol. The largest absolute Gasteiger partial charge is 0.418 e. The number of carbonyl (C=O) groups is 2. The number of nitrogens with zero attached hydrogens (tertiary/aromatic N) is 2. The van der Waals surface area contributed by atoms with Gasteiger partial charge in [-0.1, -0.05) is 34.8 Å². The van der Waals surface area contributed by atoms with Crippen molar-refractivity contribution in [1.82, 2.24) is 9.88 Å². The van der Waals surface area contributed by atoms with E-state index in [9.17, 15) is 22.8 Å². The topological polar surface area (TPSA) is 54.3 Å². The summed E-state index contributed by atoms with van der Waals surface area (Å²) in [6.07, 6.45) is -2.29. The first-order valence-electron chi connectivity index (χ1n) is 9.38. The second-order valence-corrected chi connectivity index (χ2v) is 8.69. The highest BCUT2D eigenvalue weighted by Crippen LogP contribution is 2.40. The Hall–Kier alpha value is -2.85. The molecule has 0 bridgehead atoms. The van der Waals surface area contributed by atoms with E-state index >= 15 is 0 Å². The molecule has 0 spiro atoms. The number of anilines is 1. The number of halogens is 6. The standard InChI is InChI=1S/C22H11Cl3F3N3O2S/c23-11-3-5-13(6-4-11)31-20(33)15(19(32)29-21(31)34)10-14-2-1-7-30(14)18-16(22(26,27)28)8-12(24)9-17(18)25/h1-10H,(H,29,32,34). The summed E-state index contributed by atoms with van der Waals surface area (Å²) in [6.45, 7) is 0. The lowest BCUT2D eigenvalue weighted by molar-refractivity contribution is -0.137. The van der Waals surface area contributed by atoms with Gasteiger partial charge >= 0.3 is 6.18 Å². The summed E-state index contributed by atoms with van der Waals surface area (Å²) >= 11 is 23.0. The second kappa shape index (κ2) is 9.07. The minimum Gasteiger partial charge on any atom is -0.315 e.